The molecule has 0 aromatic heterocycles. The molecule has 1 heterocycles. The highest BCUT2D eigenvalue weighted by Crippen LogP contribution is 2.41. The van der Waals surface area contributed by atoms with Gasteiger partial charge in [-0.3, -0.25) is 0 Å². The van der Waals surface area contributed by atoms with E-state index in [1.807, 2.05) is 54.6 Å². The topological polar surface area (TPSA) is 30.8 Å². The van der Waals surface area contributed by atoms with Crippen LogP contribution in [0.1, 0.15) is 22.3 Å². The number of hydrogen-bond acceptors (Lipinski definition) is 3. The van der Waals surface area contributed by atoms with Crippen molar-refractivity contribution in [1.82, 2.24) is 0 Å². The lowest BCUT2D eigenvalue weighted by Gasteiger charge is -2.15. The van der Waals surface area contributed by atoms with Crippen molar-refractivity contribution in [3.63, 3.8) is 0 Å². The SMILES string of the molecule is COC1=N/C(=C(/c2ccccc2)c2ccccc2OC)c2ccccc21. The molecule has 1 aliphatic rings. The molecule has 0 radical (unpaired) electrons. The van der Waals surface area contributed by atoms with Crippen LogP contribution in [0.3, 0.4) is 0 Å². The summed E-state index contributed by atoms with van der Waals surface area (Å²) in [5.74, 6) is 1.45. The first kappa shape index (κ1) is 16.2. The smallest absolute Gasteiger partial charge is 0.221 e. The standard InChI is InChI=1S/C23H19NO2/c1-25-20-15-9-8-14-19(20)21(16-10-4-3-5-11-16)22-17-12-6-7-13-18(17)23(24-22)26-2/h3-15H,1-2H3/b22-21-. The molecule has 3 nitrogen and oxygen atoms in total. The quantitative estimate of drug-likeness (QED) is 0.670. The van der Waals surface area contributed by atoms with Gasteiger partial charge >= 0.3 is 0 Å². The third-order valence-electron chi connectivity index (χ3n) is 4.49. The maximum Gasteiger partial charge on any atom is 0.221 e. The third kappa shape index (κ3) is 2.68. The average molecular weight is 341 g/mol. The number of rotatable bonds is 3. The molecule has 1 aliphatic heterocycles. The molecule has 128 valence electrons. The number of benzene rings is 3. The zero-order chi connectivity index (χ0) is 17.9. The predicted octanol–water partition coefficient (Wildman–Crippen LogP) is 5.02. The van der Waals surface area contributed by atoms with Crippen LogP contribution < -0.4 is 4.74 Å². The van der Waals surface area contributed by atoms with E-state index < -0.39 is 0 Å². The van der Waals surface area contributed by atoms with E-state index in [0.717, 1.165) is 39.3 Å². The predicted molar refractivity (Wildman–Crippen MR) is 105 cm³/mol. The minimum atomic E-state index is 0.638. The van der Waals surface area contributed by atoms with E-state index in [1.165, 1.54) is 0 Å². The van der Waals surface area contributed by atoms with Crippen LogP contribution in [-0.4, -0.2) is 20.1 Å². The number of methoxy groups -OCH3 is 2. The largest absolute Gasteiger partial charge is 0.496 e. The lowest BCUT2D eigenvalue weighted by atomic mass is 9.92. The molecular weight excluding hydrogens is 322 g/mol. The Hall–Kier alpha value is -3.33. The van der Waals surface area contributed by atoms with E-state index in [1.54, 1.807) is 14.2 Å². The van der Waals surface area contributed by atoms with Gasteiger partial charge in [0.1, 0.15) is 5.75 Å². The first-order valence-electron chi connectivity index (χ1n) is 8.49. The molecule has 0 amide bonds. The summed E-state index contributed by atoms with van der Waals surface area (Å²) in [6, 6.07) is 26.5. The Balaban J connectivity index is 2.07. The van der Waals surface area contributed by atoms with Gasteiger partial charge in [-0.1, -0.05) is 66.7 Å². The second kappa shape index (κ2) is 6.89. The van der Waals surface area contributed by atoms with Gasteiger partial charge in [0.2, 0.25) is 5.90 Å². The maximum atomic E-state index is 5.63. The monoisotopic (exact) mass is 341 g/mol. The molecule has 3 aromatic rings. The highest BCUT2D eigenvalue weighted by atomic mass is 16.5. The Morgan fingerprint density at radius 1 is 0.692 bits per heavy atom. The van der Waals surface area contributed by atoms with Crippen LogP contribution in [0.25, 0.3) is 11.3 Å². The van der Waals surface area contributed by atoms with Gasteiger partial charge in [0, 0.05) is 22.3 Å². The van der Waals surface area contributed by atoms with E-state index in [-0.39, 0.29) is 0 Å². The molecule has 0 aliphatic carbocycles. The summed E-state index contributed by atoms with van der Waals surface area (Å²) in [5, 5.41) is 0. The maximum absolute atomic E-state index is 5.63. The molecule has 0 saturated carbocycles. The van der Waals surface area contributed by atoms with Gasteiger partial charge in [-0.25, -0.2) is 4.99 Å². The molecule has 0 saturated heterocycles. The van der Waals surface area contributed by atoms with Crippen LogP contribution in [0.4, 0.5) is 0 Å². The Bertz CT molecular complexity index is 1000. The summed E-state index contributed by atoms with van der Waals surface area (Å²) in [7, 11) is 3.35. The fraction of sp³-hybridized carbons (Fsp3) is 0.0870. The number of para-hydroxylation sites is 1. The summed E-state index contributed by atoms with van der Waals surface area (Å²) in [4.78, 5) is 4.82. The molecule has 0 bridgehead atoms. The minimum Gasteiger partial charge on any atom is -0.496 e. The van der Waals surface area contributed by atoms with Gasteiger partial charge < -0.3 is 9.47 Å². The van der Waals surface area contributed by atoms with Crippen molar-refractivity contribution in [2.75, 3.05) is 14.2 Å². The van der Waals surface area contributed by atoms with Gasteiger partial charge in [-0.2, -0.15) is 0 Å². The Morgan fingerprint density at radius 2 is 1.35 bits per heavy atom. The van der Waals surface area contributed by atoms with Crippen LogP contribution >= 0.6 is 0 Å². The highest BCUT2D eigenvalue weighted by Gasteiger charge is 2.26. The molecule has 0 atom stereocenters. The zero-order valence-electron chi connectivity index (χ0n) is 14.8. The Kier molecular flexibility index (Phi) is 4.28. The summed E-state index contributed by atoms with van der Waals surface area (Å²) >= 11 is 0. The van der Waals surface area contributed by atoms with Gasteiger partial charge in [-0.15, -0.1) is 0 Å². The van der Waals surface area contributed by atoms with E-state index >= 15 is 0 Å². The minimum absolute atomic E-state index is 0.638. The second-order valence-electron chi connectivity index (χ2n) is 5.96. The molecule has 0 unspecified atom stereocenters. The zero-order valence-corrected chi connectivity index (χ0v) is 14.8. The lowest BCUT2D eigenvalue weighted by molar-refractivity contribution is 0.406. The first-order valence-corrected chi connectivity index (χ1v) is 8.49. The van der Waals surface area contributed by atoms with Crippen molar-refractivity contribution < 1.29 is 9.47 Å². The van der Waals surface area contributed by atoms with Crippen molar-refractivity contribution in [1.29, 1.82) is 0 Å². The summed E-state index contributed by atoms with van der Waals surface area (Å²) in [5.41, 5.74) is 6.09. The lowest BCUT2D eigenvalue weighted by Crippen LogP contribution is -1.99. The number of aliphatic imine (C=N–C) groups is 1. The summed E-state index contributed by atoms with van der Waals surface area (Å²) in [6.07, 6.45) is 0. The fourth-order valence-electron chi connectivity index (χ4n) is 3.32. The number of nitrogens with zero attached hydrogens (tertiary/aromatic N) is 1. The van der Waals surface area contributed by atoms with Crippen molar-refractivity contribution >= 4 is 17.2 Å². The van der Waals surface area contributed by atoms with Crippen molar-refractivity contribution in [2.45, 2.75) is 0 Å². The number of hydrogen-bond donors (Lipinski definition) is 0. The highest BCUT2D eigenvalue weighted by molar-refractivity contribution is 6.13. The molecule has 3 aromatic carbocycles. The molecule has 0 fully saturated rings. The Morgan fingerprint density at radius 3 is 2.08 bits per heavy atom. The molecule has 4 rings (SSSR count). The van der Waals surface area contributed by atoms with Gasteiger partial charge in [0.25, 0.3) is 0 Å². The molecular formula is C23H19NO2. The second-order valence-corrected chi connectivity index (χ2v) is 5.96. The number of ether oxygens (including phenoxy) is 2. The van der Waals surface area contributed by atoms with E-state index in [0.29, 0.717) is 5.90 Å². The summed E-state index contributed by atoms with van der Waals surface area (Å²) < 4.78 is 11.2. The van der Waals surface area contributed by atoms with E-state index in [9.17, 15) is 0 Å². The van der Waals surface area contributed by atoms with Crippen molar-refractivity contribution in [2.24, 2.45) is 4.99 Å². The van der Waals surface area contributed by atoms with Gasteiger partial charge in [-0.05, 0) is 17.7 Å². The van der Waals surface area contributed by atoms with Crippen LogP contribution in [0.15, 0.2) is 83.9 Å². The molecule has 0 spiro atoms. The molecule has 26 heavy (non-hydrogen) atoms. The molecule has 3 heteroatoms. The third-order valence-corrected chi connectivity index (χ3v) is 4.49. The number of fused-ring (bicyclic) bond motifs is 1. The van der Waals surface area contributed by atoms with Crippen LogP contribution in [0, 0.1) is 0 Å². The Labute approximate surface area is 153 Å². The van der Waals surface area contributed by atoms with E-state index in [2.05, 4.69) is 24.3 Å². The van der Waals surface area contributed by atoms with Crippen molar-refractivity contribution in [3.8, 4) is 5.75 Å². The average Bonchev–Trinajstić information content (AvgIpc) is 3.08. The summed E-state index contributed by atoms with van der Waals surface area (Å²) in [6.45, 7) is 0. The normalized spacial score (nSPS) is 14.5. The van der Waals surface area contributed by atoms with Crippen LogP contribution in [0.5, 0.6) is 5.75 Å². The van der Waals surface area contributed by atoms with Crippen molar-refractivity contribution in [3.05, 3.63) is 101 Å². The van der Waals surface area contributed by atoms with E-state index in [4.69, 9.17) is 14.5 Å². The fourth-order valence-corrected chi connectivity index (χ4v) is 3.32. The van der Waals surface area contributed by atoms with Crippen LogP contribution in [-0.2, 0) is 4.74 Å². The van der Waals surface area contributed by atoms with Gasteiger partial charge in [0.05, 0.1) is 19.9 Å². The first-order chi connectivity index (χ1) is 12.8. The molecule has 0 N–H and O–H groups in total. The van der Waals surface area contributed by atoms with Gasteiger partial charge in [0.15, 0.2) is 0 Å². The van der Waals surface area contributed by atoms with Crippen LogP contribution in [0.2, 0.25) is 0 Å².